The zero-order chi connectivity index (χ0) is 20.9. The molecule has 2 fully saturated rings. The molecule has 0 N–H and O–H groups in total. The lowest BCUT2D eigenvalue weighted by Gasteiger charge is -2.22. The van der Waals surface area contributed by atoms with Gasteiger partial charge in [0.05, 0.1) is 18.5 Å². The Morgan fingerprint density at radius 3 is 2.62 bits per heavy atom. The molecule has 2 aliphatic rings. The van der Waals surface area contributed by atoms with Crippen LogP contribution in [0.3, 0.4) is 0 Å². The molecule has 1 atom stereocenters. The Balaban J connectivity index is 1.52. The SMILES string of the molecule is Cc1cc(OCC(=O)N2CCC3(CN(C)C(=O)O3)C2)c2c(C)c(C)c(=O)oc2c1. The molecule has 3 heterocycles. The molecule has 2 aliphatic heterocycles. The first kappa shape index (κ1) is 19.3. The standard InChI is InChI=1S/C21H24N2O6/c1-12-7-15(18-13(2)14(3)19(25)28-16(18)8-12)27-9-17(24)23-6-5-21(11-23)10-22(4)20(26)29-21/h7-8H,5-6,9-11H2,1-4H3. The van der Waals surface area contributed by atoms with E-state index in [-0.39, 0.29) is 24.2 Å². The highest BCUT2D eigenvalue weighted by Crippen LogP contribution is 2.33. The van der Waals surface area contributed by atoms with E-state index in [0.717, 1.165) is 11.1 Å². The number of nitrogens with zero attached hydrogens (tertiary/aromatic N) is 2. The van der Waals surface area contributed by atoms with Crippen LogP contribution in [0.5, 0.6) is 5.75 Å². The molecular weight excluding hydrogens is 376 g/mol. The van der Waals surface area contributed by atoms with E-state index in [2.05, 4.69) is 0 Å². The van der Waals surface area contributed by atoms with Crippen molar-refractivity contribution < 1.29 is 23.5 Å². The van der Waals surface area contributed by atoms with Gasteiger partial charge in [-0.1, -0.05) is 0 Å². The average Bonchev–Trinajstić information content (AvgIpc) is 3.19. The molecule has 1 aromatic heterocycles. The molecule has 1 unspecified atom stereocenters. The maximum Gasteiger partial charge on any atom is 0.410 e. The second kappa shape index (κ2) is 6.79. The van der Waals surface area contributed by atoms with Crippen LogP contribution < -0.4 is 10.4 Å². The Morgan fingerprint density at radius 1 is 1.17 bits per heavy atom. The Kier molecular flexibility index (Phi) is 4.52. The number of benzene rings is 1. The van der Waals surface area contributed by atoms with E-state index in [0.29, 0.717) is 48.3 Å². The van der Waals surface area contributed by atoms with Gasteiger partial charge in [-0.3, -0.25) is 4.79 Å². The van der Waals surface area contributed by atoms with E-state index < -0.39 is 5.60 Å². The van der Waals surface area contributed by atoms with Gasteiger partial charge in [0.2, 0.25) is 0 Å². The van der Waals surface area contributed by atoms with Crippen molar-refractivity contribution in [2.45, 2.75) is 32.8 Å². The van der Waals surface area contributed by atoms with Gasteiger partial charge in [0.15, 0.2) is 12.2 Å². The summed E-state index contributed by atoms with van der Waals surface area (Å²) in [4.78, 5) is 39.6. The summed E-state index contributed by atoms with van der Waals surface area (Å²) in [5, 5.41) is 0.699. The molecule has 4 rings (SSSR count). The first-order valence-corrected chi connectivity index (χ1v) is 9.58. The van der Waals surface area contributed by atoms with Crippen molar-refractivity contribution in [3.8, 4) is 5.75 Å². The van der Waals surface area contributed by atoms with Crippen LogP contribution in [-0.2, 0) is 9.53 Å². The molecular formula is C21H24N2O6. The molecule has 1 spiro atoms. The van der Waals surface area contributed by atoms with E-state index in [1.165, 1.54) is 4.90 Å². The van der Waals surface area contributed by atoms with Crippen LogP contribution in [0.25, 0.3) is 11.0 Å². The molecule has 0 bridgehead atoms. The summed E-state index contributed by atoms with van der Waals surface area (Å²) < 4.78 is 16.8. The van der Waals surface area contributed by atoms with Gasteiger partial charge in [-0.15, -0.1) is 0 Å². The van der Waals surface area contributed by atoms with Crippen LogP contribution >= 0.6 is 0 Å². The predicted molar refractivity (Wildman–Crippen MR) is 105 cm³/mol. The molecule has 8 nitrogen and oxygen atoms in total. The lowest BCUT2D eigenvalue weighted by molar-refractivity contribution is -0.133. The predicted octanol–water partition coefficient (Wildman–Crippen LogP) is 2.15. The third-order valence-electron chi connectivity index (χ3n) is 5.82. The summed E-state index contributed by atoms with van der Waals surface area (Å²) in [5.74, 6) is 0.340. The summed E-state index contributed by atoms with van der Waals surface area (Å²) in [6.45, 7) is 6.65. The Morgan fingerprint density at radius 2 is 1.93 bits per heavy atom. The van der Waals surface area contributed by atoms with Gasteiger partial charge in [-0.25, -0.2) is 9.59 Å². The second-order valence-corrected chi connectivity index (χ2v) is 8.04. The molecule has 0 saturated carbocycles. The van der Waals surface area contributed by atoms with E-state index >= 15 is 0 Å². The van der Waals surface area contributed by atoms with Crippen molar-refractivity contribution in [3.05, 3.63) is 39.2 Å². The van der Waals surface area contributed by atoms with Gasteiger partial charge in [0.1, 0.15) is 11.3 Å². The minimum atomic E-state index is -0.616. The highest BCUT2D eigenvalue weighted by Gasteiger charge is 2.49. The summed E-state index contributed by atoms with van der Waals surface area (Å²) >= 11 is 0. The lowest BCUT2D eigenvalue weighted by atomic mass is 10.0. The summed E-state index contributed by atoms with van der Waals surface area (Å²) in [5.41, 5.74) is 1.62. The van der Waals surface area contributed by atoms with Gasteiger partial charge in [-0.2, -0.15) is 0 Å². The lowest BCUT2D eigenvalue weighted by Crippen LogP contribution is -2.40. The van der Waals surface area contributed by atoms with E-state index in [1.807, 2.05) is 19.9 Å². The second-order valence-electron chi connectivity index (χ2n) is 8.04. The topological polar surface area (TPSA) is 89.3 Å². The van der Waals surface area contributed by atoms with E-state index in [9.17, 15) is 14.4 Å². The van der Waals surface area contributed by atoms with Gasteiger partial charge in [0.25, 0.3) is 5.91 Å². The smallest absolute Gasteiger partial charge is 0.410 e. The van der Waals surface area contributed by atoms with Crippen LogP contribution in [-0.4, -0.2) is 60.7 Å². The van der Waals surface area contributed by atoms with Crippen molar-refractivity contribution in [1.82, 2.24) is 9.80 Å². The fourth-order valence-corrected chi connectivity index (χ4v) is 4.09. The number of ether oxygens (including phenoxy) is 2. The average molecular weight is 400 g/mol. The summed E-state index contributed by atoms with van der Waals surface area (Å²) in [6.07, 6.45) is 0.264. The summed E-state index contributed by atoms with van der Waals surface area (Å²) in [6, 6.07) is 3.62. The summed E-state index contributed by atoms with van der Waals surface area (Å²) in [7, 11) is 1.69. The molecule has 1 aromatic carbocycles. The van der Waals surface area contributed by atoms with E-state index in [1.54, 1.807) is 24.9 Å². The fourth-order valence-electron chi connectivity index (χ4n) is 4.09. The number of likely N-dealkylation sites (N-methyl/N-ethyl adjacent to an activating group) is 1. The molecule has 2 amide bonds. The minimum absolute atomic E-state index is 0.143. The number of likely N-dealkylation sites (tertiary alicyclic amines) is 1. The molecule has 0 aliphatic carbocycles. The Labute approximate surface area is 168 Å². The van der Waals surface area contributed by atoms with Crippen LogP contribution in [0.4, 0.5) is 4.79 Å². The maximum atomic E-state index is 12.7. The van der Waals surface area contributed by atoms with Crippen LogP contribution in [0.15, 0.2) is 21.3 Å². The normalized spacial score (nSPS) is 21.3. The first-order valence-electron chi connectivity index (χ1n) is 9.58. The Hall–Kier alpha value is -3.03. The number of fused-ring (bicyclic) bond motifs is 1. The van der Waals surface area contributed by atoms with Crippen LogP contribution in [0.2, 0.25) is 0 Å². The highest BCUT2D eigenvalue weighted by atomic mass is 16.6. The third kappa shape index (κ3) is 3.32. The van der Waals surface area contributed by atoms with Crippen LogP contribution in [0.1, 0.15) is 23.1 Å². The van der Waals surface area contributed by atoms with Crippen molar-refractivity contribution in [2.24, 2.45) is 0 Å². The number of carbonyl (C=O) groups is 2. The number of carbonyl (C=O) groups excluding carboxylic acids is 2. The van der Waals surface area contributed by atoms with Crippen molar-refractivity contribution >= 4 is 23.0 Å². The minimum Gasteiger partial charge on any atom is -0.483 e. The number of rotatable bonds is 3. The van der Waals surface area contributed by atoms with E-state index in [4.69, 9.17) is 13.9 Å². The monoisotopic (exact) mass is 400 g/mol. The van der Waals surface area contributed by atoms with Crippen LogP contribution in [0, 0.1) is 20.8 Å². The quantitative estimate of drug-likeness (QED) is 0.734. The van der Waals surface area contributed by atoms with Gasteiger partial charge >= 0.3 is 11.7 Å². The fraction of sp³-hybridized carbons (Fsp3) is 0.476. The molecule has 2 aromatic rings. The molecule has 154 valence electrons. The zero-order valence-electron chi connectivity index (χ0n) is 17.0. The van der Waals surface area contributed by atoms with Crippen molar-refractivity contribution in [1.29, 1.82) is 0 Å². The number of amides is 2. The molecule has 29 heavy (non-hydrogen) atoms. The van der Waals surface area contributed by atoms with Gasteiger partial charge < -0.3 is 23.7 Å². The van der Waals surface area contributed by atoms with Gasteiger partial charge in [0, 0.05) is 25.6 Å². The molecule has 0 radical (unpaired) electrons. The maximum absolute atomic E-state index is 12.7. The highest BCUT2D eigenvalue weighted by molar-refractivity contribution is 5.88. The number of hydrogen-bond donors (Lipinski definition) is 0. The van der Waals surface area contributed by atoms with Crippen molar-refractivity contribution in [2.75, 3.05) is 33.3 Å². The largest absolute Gasteiger partial charge is 0.483 e. The van der Waals surface area contributed by atoms with Crippen molar-refractivity contribution in [3.63, 3.8) is 0 Å². The Bertz CT molecular complexity index is 1080. The number of aryl methyl sites for hydroxylation is 2. The number of hydrogen-bond acceptors (Lipinski definition) is 6. The third-order valence-corrected chi connectivity index (χ3v) is 5.82. The molecule has 8 heteroatoms. The molecule has 2 saturated heterocycles. The first-order chi connectivity index (χ1) is 13.7. The zero-order valence-corrected chi connectivity index (χ0v) is 17.0. The van der Waals surface area contributed by atoms with Gasteiger partial charge in [-0.05, 0) is 44.0 Å².